The van der Waals surface area contributed by atoms with Gasteiger partial charge in [-0.1, -0.05) is 0 Å². The van der Waals surface area contributed by atoms with Crippen molar-refractivity contribution in [3.05, 3.63) is 45.4 Å². The molecule has 0 bridgehead atoms. The van der Waals surface area contributed by atoms with Crippen LogP contribution >= 0.6 is 0 Å². The van der Waals surface area contributed by atoms with Gasteiger partial charge in [-0.25, -0.2) is 9.07 Å². The van der Waals surface area contributed by atoms with E-state index in [-0.39, 0.29) is 22.9 Å². The molecule has 0 saturated heterocycles. The molecule has 0 N–H and O–H groups in total. The van der Waals surface area contributed by atoms with Gasteiger partial charge >= 0.3 is 0 Å². The highest BCUT2D eigenvalue weighted by Gasteiger charge is 2.18. The van der Waals surface area contributed by atoms with Gasteiger partial charge in [0.1, 0.15) is 0 Å². The minimum Gasteiger partial charge on any atom is -0.435 e. The Morgan fingerprint density at radius 2 is 2.20 bits per heavy atom. The average Bonchev–Trinajstić information content (AvgIpc) is 2.65. The van der Waals surface area contributed by atoms with Crippen LogP contribution in [0.3, 0.4) is 0 Å². The second-order valence-corrected chi connectivity index (χ2v) is 4.02. The number of rotatable bonds is 4. The van der Waals surface area contributed by atoms with Crippen LogP contribution in [0.5, 0.6) is 11.6 Å². The van der Waals surface area contributed by atoms with Crippen molar-refractivity contribution in [2.24, 2.45) is 7.05 Å². The summed E-state index contributed by atoms with van der Waals surface area (Å²) in [4.78, 5) is 20.8. The molecule has 1 heterocycles. The number of aromatic nitrogens is 2. The number of aryl methyl sites for hydroxylation is 2. The van der Waals surface area contributed by atoms with Crippen LogP contribution in [0, 0.1) is 22.9 Å². The van der Waals surface area contributed by atoms with Crippen LogP contribution in [0.4, 0.5) is 10.1 Å². The fourth-order valence-corrected chi connectivity index (χ4v) is 1.70. The van der Waals surface area contributed by atoms with Crippen LogP contribution in [-0.2, 0) is 7.05 Å². The summed E-state index contributed by atoms with van der Waals surface area (Å²) in [7, 11) is 1.54. The van der Waals surface area contributed by atoms with Gasteiger partial charge in [0.2, 0.25) is 5.88 Å². The van der Waals surface area contributed by atoms with Crippen molar-refractivity contribution in [2.75, 3.05) is 0 Å². The first-order valence-electron chi connectivity index (χ1n) is 5.54. The third-order valence-electron chi connectivity index (χ3n) is 2.66. The molecule has 0 amide bonds. The molecule has 0 aliphatic heterocycles. The molecule has 2 rings (SSSR count). The maximum absolute atomic E-state index is 13.7. The van der Waals surface area contributed by atoms with E-state index < -0.39 is 10.7 Å². The number of hydrogen-bond donors (Lipinski definition) is 0. The first-order valence-corrected chi connectivity index (χ1v) is 5.54. The monoisotopic (exact) mass is 279 g/mol. The zero-order chi connectivity index (χ0) is 14.9. The summed E-state index contributed by atoms with van der Waals surface area (Å²) in [6, 6.07) is 2.99. The molecule has 8 heteroatoms. The molecule has 7 nitrogen and oxygen atoms in total. The molecule has 0 aliphatic rings. The predicted octanol–water partition coefficient (Wildman–Crippen LogP) is 2.38. The van der Waals surface area contributed by atoms with Crippen molar-refractivity contribution in [3.63, 3.8) is 0 Å². The Labute approximate surface area is 112 Å². The number of non-ortho nitro benzene ring substituents is 1. The molecule has 0 unspecified atom stereocenters. The van der Waals surface area contributed by atoms with Gasteiger partial charge < -0.3 is 4.74 Å². The Balaban J connectivity index is 2.40. The molecule has 0 spiro atoms. The summed E-state index contributed by atoms with van der Waals surface area (Å²) < 4.78 is 20.3. The summed E-state index contributed by atoms with van der Waals surface area (Å²) in [5, 5.41) is 14.5. The summed E-state index contributed by atoms with van der Waals surface area (Å²) in [6.07, 6.45) is 0.557. The standard InChI is InChI=1S/C12H10FN3O4/c1-7-9(6-17)12(15(2)14-7)20-11-4-3-8(16(18)19)5-10(11)13/h3-6H,1-2H3. The second-order valence-electron chi connectivity index (χ2n) is 4.02. The fourth-order valence-electron chi connectivity index (χ4n) is 1.70. The third kappa shape index (κ3) is 2.35. The molecule has 0 fully saturated rings. The van der Waals surface area contributed by atoms with Crippen LogP contribution in [0.1, 0.15) is 16.1 Å². The van der Waals surface area contributed by atoms with Crippen molar-refractivity contribution in [1.82, 2.24) is 9.78 Å². The minimum atomic E-state index is -0.894. The molecule has 1 aromatic carbocycles. The molecule has 1 aromatic heterocycles. The highest BCUT2D eigenvalue weighted by Crippen LogP contribution is 2.29. The highest BCUT2D eigenvalue weighted by molar-refractivity contribution is 5.80. The lowest BCUT2D eigenvalue weighted by molar-refractivity contribution is -0.385. The van der Waals surface area contributed by atoms with Crippen molar-refractivity contribution >= 4 is 12.0 Å². The van der Waals surface area contributed by atoms with E-state index in [1.807, 2.05) is 0 Å². The van der Waals surface area contributed by atoms with Gasteiger partial charge in [0.15, 0.2) is 17.9 Å². The number of aldehydes is 1. The van der Waals surface area contributed by atoms with Crippen LogP contribution in [0.25, 0.3) is 0 Å². The van der Waals surface area contributed by atoms with Crippen molar-refractivity contribution in [1.29, 1.82) is 0 Å². The lowest BCUT2D eigenvalue weighted by atomic mass is 10.2. The fraction of sp³-hybridized carbons (Fsp3) is 0.167. The molecule has 0 radical (unpaired) electrons. The molecule has 2 aromatic rings. The Bertz CT molecular complexity index is 696. The Morgan fingerprint density at radius 3 is 2.75 bits per heavy atom. The van der Waals surface area contributed by atoms with Crippen LogP contribution in [0.15, 0.2) is 18.2 Å². The number of hydrogen-bond acceptors (Lipinski definition) is 5. The van der Waals surface area contributed by atoms with Crippen LogP contribution in [0.2, 0.25) is 0 Å². The van der Waals surface area contributed by atoms with Gasteiger partial charge in [0, 0.05) is 13.1 Å². The van der Waals surface area contributed by atoms with Gasteiger partial charge in [-0.15, -0.1) is 0 Å². The summed E-state index contributed by atoms with van der Waals surface area (Å²) in [5.41, 5.74) is 0.261. The highest BCUT2D eigenvalue weighted by atomic mass is 19.1. The lowest BCUT2D eigenvalue weighted by Crippen LogP contribution is -1.99. The maximum atomic E-state index is 13.7. The predicted molar refractivity (Wildman–Crippen MR) is 66.5 cm³/mol. The first kappa shape index (κ1) is 13.7. The van der Waals surface area contributed by atoms with Gasteiger partial charge in [-0.3, -0.25) is 14.9 Å². The molecule has 20 heavy (non-hydrogen) atoms. The van der Waals surface area contributed by atoms with Crippen molar-refractivity contribution in [3.8, 4) is 11.6 Å². The maximum Gasteiger partial charge on any atom is 0.272 e. The van der Waals surface area contributed by atoms with E-state index in [2.05, 4.69) is 5.10 Å². The van der Waals surface area contributed by atoms with Gasteiger partial charge in [0.05, 0.1) is 22.2 Å². The normalized spacial score (nSPS) is 10.3. The van der Waals surface area contributed by atoms with Gasteiger partial charge in [-0.2, -0.15) is 5.10 Å². The van der Waals surface area contributed by atoms with E-state index in [0.29, 0.717) is 12.0 Å². The quantitative estimate of drug-likeness (QED) is 0.487. The number of ether oxygens (including phenoxy) is 1. The summed E-state index contributed by atoms with van der Waals surface area (Å²) >= 11 is 0. The zero-order valence-corrected chi connectivity index (χ0v) is 10.7. The van der Waals surface area contributed by atoms with E-state index in [1.165, 1.54) is 4.68 Å². The van der Waals surface area contributed by atoms with E-state index >= 15 is 0 Å². The minimum absolute atomic E-state index is 0.0743. The van der Waals surface area contributed by atoms with Gasteiger partial charge in [-0.05, 0) is 13.0 Å². The Morgan fingerprint density at radius 1 is 1.50 bits per heavy atom. The average molecular weight is 279 g/mol. The number of benzene rings is 1. The van der Waals surface area contributed by atoms with Crippen molar-refractivity contribution in [2.45, 2.75) is 6.92 Å². The van der Waals surface area contributed by atoms with Crippen LogP contribution < -0.4 is 4.74 Å². The van der Waals surface area contributed by atoms with E-state index in [1.54, 1.807) is 14.0 Å². The number of carbonyl (C=O) groups is 1. The number of nitro benzene ring substituents is 1. The second kappa shape index (κ2) is 5.08. The van der Waals surface area contributed by atoms with Crippen molar-refractivity contribution < 1.29 is 18.8 Å². The molecule has 0 aliphatic carbocycles. The molecular formula is C12H10FN3O4. The zero-order valence-electron chi connectivity index (χ0n) is 10.7. The van der Waals surface area contributed by atoms with Gasteiger partial charge in [0.25, 0.3) is 5.69 Å². The number of nitro groups is 1. The summed E-state index contributed by atoms with van der Waals surface area (Å²) in [6.45, 7) is 1.61. The third-order valence-corrected chi connectivity index (χ3v) is 2.66. The largest absolute Gasteiger partial charge is 0.435 e. The molecule has 0 atom stereocenters. The SMILES string of the molecule is Cc1nn(C)c(Oc2ccc([N+](=O)[O-])cc2F)c1C=O. The van der Waals surface area contributed by atoms with E-state index in [0.717, 1.165) is 18.2 Å². The first-order chi connectivity index (χ1) is 9.43. The number of halogens is 1. The Kier molecular flexibility index (Phi) is 3.47. The summed E-state index contributed by atoms with van der Waals surface area (Å²) in [5.74, 6) is -1.04. The number of carbonyl (C=O) groups excluding carboxylic acids is 1. The lowest BCUT2D eigenvalue weighted by Gasteiger charge is -2.07. The smallest absolute Gasteiger partial charge is 0.272 e. The topological polar surface area (TPSA) is 87.3 Å². The van der Waals surface area contributed by atoms with E-state index in [9.17, 15) is 19.3 Å². The van der Waals surface area contributed by atoms with E-state index in [4.69, 9.17) is 4.74 Å². The molecule has 0 saturated carbocycles. The number of nitrogens with zero attached hydrogens (tertiary/aromatic N) is 3. The molecule has 104 valence electrons. The molecular weight excluding hydrogens is 269 g/mol. The Hall–Kier alpha value is -2.77. The van der Waals surface area contributed by atoms with Crippen LogP contribution in [-0.4, -0.2) is 21.0 Å².